The number of hydrogen-bond donors (Lipinski definition) is 0. The fraction of sp³-hybridized carbons (Fsp3) is 0.292. The van der Waals surface area contributed by atoms with Gasteiger partial charge in [-0.1, -0.05) is 41.6 Å². The third-order valence-electron chi connectivity index (χ3n) is 4.70. The van der Waals surface area contributed by atoms with Crippen LogP contribution < -0.4 is 9.47 Å². The summed E-state index contributed by atoms with van der Waals surface area (Å²) in [6.07, 6.45) is 3.27. The molecule has 0 atom stereocenters. The van der Waals surface area contributed by atoms with E-state index in [0.717, 1.165) is 11.1 Å². The number of rotatable bonds is 7. The van der Waals surface area contributed by atoms with Gasteiger partial charge in [-0.2, -0.15) is 4.98 Å². The largest absolute Gasteiger partial charge is 0.493 e. The average Bonchev–Trinajstić information content (AvgIpc) is 3.24. The van der Waals surface area contributed by atoms with Gasteiger partial charge in [-0.15, -0.1) is 0 Å². The highest BCUT2D eigenvalue weighted by Gasteiger charge is 2.27. The number of carbonyl (C=O) groups excluding carboxylic acids is 1. The van der Waals surface area contributed by atoms with Crippen molar-refractivity contribution >= 4 is 12.0 Å². The third-order valence-corrected chi connectivity index (χ3v) is 4.70. The minimum atomic E-state index is -0.444. The highest BCUT2D eigenvalue weighted by atomic mass is 16.5. The predicted molar refractivity (Wildman–Crippen MR) is 119 cm³/mol. The Hall–Kier alpha value is -3.61. The minimum absolute atomic E-state index is 0.165. The molecule has 1 heterocycles. The zero-order valence-corrected chi connectivity index (χ0v) is 18.5. The summed E-state index contributed by atoms with van der Waals surface area (Å²) < 4.78 is 16.0. The molecule has 3 aromatic rings. The number of methoxy groups -OCH3 is 2. The molecule has 2 aromatic carbocycles. The summed E-state index contributed by atoms with van der Waals surface area (Å²) in [7, 11) is 3.16. The van der Waals surface area contributed by atoms with Gasteiger partial charge in [0.05, 0.1) is 14.2 Å². The first-order valence-corrected chi connectivity index (χ1v) is 9.91. The molecule has 1 amide bonds. The van der Waals surface area contributed by atoms with Crippen molar-refractivity contribution in [3.8, 4) is 22.9 Å². The molecular formula is C24H27N3O4. The first-order chi connectivity index (χ1) is 14.8. The Kier molecular flexibility index (Phi) is 6.74. The molecule has 0 radical (unpaired) electrons. The summed E-state index contributed by atoms with van der Waals surface area (Å²) >= 11 is 0. The van der Waals surface area contributed by atoms with Crippen molar-refractivity contribution in [2.75, 3.05) is 14.2 Å². The van der Waals surface area contributed by atoms with Crippen molar-refractivity contribution < 1.29 is 18.8 Å². The van der Waals surface area contributed by atoms with Gasteiger partial charge in [-0.05, 0) is 44.5 Å². The number of ether oxygens (including phenoxy) is 2. The van der Waals surface area contributed by atoms with Crippen LogP contribution in [0.2, 0.25) is 0 Å². The molecule has 0 aliphatic rings. The third kappa shape index (κ3) is 5.51. The van der Waals surface area contributed by atoms with E-state index in [1.165, 1.54) is 6.08 Å². The minimum Gasteiger partial charge on any atom is -0.493 e. The van der Waals surface area contributed by atoms with Crippen molar-refractivity contribution in [3.05, 3.63) is 66.1 Å². The van der Waals surface area contributed by atoms with Crippen molar-refractivity contribution in [2.24, 2.45) is 0 Å². The van der Waals surface area contributed by atoms with Crippen molar-refractivity contribution in [1.29, 1.82) is 0 Å². The first-order valence-electron chi connectivity index (χ1n) is 9.91. The molecule has 7 nitrogen and oxygen atoms in total. The van der Waals surface area contributed by atoms with Crippen molar-refractivity contribution in [1.82, 2.24) is 15.0 Å². The summed E-state index contributed by atoms with van der Waals surface area (Å²) in [5.41, 5.74) is 1.24. The van der Waals surface area contributed by atoms with Crippen LogP contribution in [0, 0.1) is 0 Å². The lowest BCUT2D eigenvalue weighted by molar-refractivity contribution is -0.131. The Morgan fingerprint density at radius 1 is 1.06 bits per heavy atom. The molecule has 0 aliphatic heterocycles. The van der Waals surface area contributed by atoms with Gasteiger partial charge in [0, 0.05) is 17.2 Å². The van der Waals surface area contributed by atoms with Crippen LogP contribution in [0.25, 0.3) is 17.5 Å². The molecule has 1 aromatic heterocycles. The number of benzene rings is 2. The van der Waals surface area contributed by atoms with Crippen LogP contribution in [0.1, 0.15) is 32.2 Å². The van der Waals surface area contributed by atoms with Crippen LogP contribution in [-0.2, 0) is 11.3 Å². The Morgan fingerprint density at radius 2 is 1.77 bits per heavy atom. The van der Waals surface area contributed by atoms with Gasteiger partial charge in [0.2, 0.25) is 17.6 Å². The van der Waals surface area contributed by atoms with Crippen molar-refractivity contribution in [2.45, 2.75) is 32.9 Å². The van der Waals surface area contributed by atoms with Crippen LogP contribution in [0.15, 0.2) is 59.1 Å². The summed E-state index contributed by atoms with van der Waals surface area (Å²) in [6, 6.07) is 15.0. The smallest absolute Gasteiger partial charge is 0.247 e. The molecule has 0 N–H and O–H groups in total. The Labute approximate surface area is 182 Å². The zero-order valence-electron chi connectivity index (χ0n) is 18.5. The fourth-order valence-electron chi connectivity index (χ4n) is 3.02. The van der Waals surface area contributed by atoms with Gasteiger partial charge < -0.3 is 18.9 Å². The van der Waals surface area contributed by atoms with E-state index in [1.807, 2.05) is 63.2 Å². The van der Waals surface area contributed by atoms with Gasteiger partial charge >= 0.3 is 0 Å². The van der Waals surface area contributed by atoms with Gasteiger partial charge in [-0.3, -0.25) is 4.79 Å². The lowest BCUT2D eigenvalue weighted by Crippen LogP contribution is -2.44. The van der Waals surface area contributed by atoms with Gasteiger partial charge in [0.15, 0.2) is 11.5 Å². The molecule has 0 unspecified atom stereocenters. The summed E-state index contributed by atoms with van der Waals surface area (Å²) in [5, 5.41) is 4.04. The molecule has 0 bridgehead atoms. The molecule has 0 fully saturated rings. The highest BCUT2D eigenvalue weighted by Crippen LogP contribution is 2.28. The molecule has 0 saturated heterocycles. The SMILES string of the molecule is COc1ccc(/C=C/C(=O)N(Cc2nc(-c3ccccc3)no2)C(C)(C)C)cc1OC. The van der Waals surface area contributed by atoms with E-state index in [9.17, 15) is 4.79 Å². The number of carbonyl (C=O) groups is 1. The normalized spacial score (nSPS) is 11.5. The number of hydrogen-bond acceptors (Lipinski definition) is 6. The Bertz CT molecular complexity index is 1050. The fourth-order valence-corrected chi connectivity index (χ4v) is 3.02. The lowest BCUT2D eigenvalue weighted by Gasteiger charge is -2.33. The van der Waals surface area contributed by atoms with Crippen LogP contribution in [0.3, 0.4) is 0 Å². The van der Waals surface area contributed by atoms with Crippen LogP contribution in [0.4, 0.5) is 0 Å². The van der Waals surface area contributed by atoms with Crippen LogP contribution in [-0.4, -0.2) is 40.7 Å². The molecule has 31 heavy (non-hydrogen) atoms. The zero-order chi connectivity index (χ0) is 22.4. The van der Waals surface area contributed by atoms with E-state index in [0.29, 0.717) is 23.2 Å². The van der Waals surface area contributed by atoms with Gasteiger partial charge in [-0.25, -0.2) is 0 Å². The Morgan fingerprint density at radius 3 is 2.42 bits per heavy atom. The maximum Gasteiger partial charge on any atom is 0.247 e. The lowest BCUT2D eigenvalue weighted by atomic mass is 10.1. The molecule has 0 saturated carbocycles. The predicted octanol–water partition coefficient (Wildman–Crippen LogP) is 4.59. The maximum absolute atomic E-state index is 13.0. The van der Waals surface area contributed by atoms with E-state index >= 15 is 0 Å². The monoisotopic (exact) mass is 421 g/mol. The second-order valence-corrected chi connectivity index (χ2v) is 7.92. The van der Waals surface area contributed by atoms with E-state index in [2.05, 4.69) is 10.1 Å². The highest BCUT2D eigenvalue weighted by molar-refractivity contribution is 5.92. The van der Waals surface area contributed by atoms with Crippen LogP contribution in [0.5, 0.6) is 11.5 Å². The topological polar surface area (TPSA) is 77.7 Å². The molecule has 7 heteroatoms. The summed E-state index contributed by atoms with van der Waals surface area (Å²) in [4.78, 5) is 19.2. The second kappa shape index (κ2) is 9.47. The number of nitrogens with zero attached hydrogens (tertiary/aromatic N) is 3. The molecular weight excluding hydrogens is 394 g/mol. The maximum atomic E-state index is 13.0. The number of amides is 1. The van der Waals surface area contributed by atoms with Gasteiger partial charge in [0.25, 0.3) is 0 Å². The molecule has 0 spiro atoms. The first kappa shape index (κ1) is 22.1. The standard InChI is InChI=1S/C24H27N3O4/c1-24(2,3)27(16-21-25-23(26-31-21)18-9-7-6-8-10-18)22(28)14-12-17-11-13-19(29-4)20(15-17)30-5/h6-15H,16H2,1-5H3/b14-12+. The number of aromatic nitrogens is 2. The quantitative estimate of drug-likeness (QED) is 0.519. The van der Waals surface area contributed by atoms with E-state index in [4.69, 9.17) is 14.0 Å². The molecule has 3 rings (SSSR count). The Balaban J connectivity index is 1.78. The van der Waals surface area contributed by atoms with E-state index in [-0.39, 0.29) is 12.5 Å². The van der Waals surface area contributed by atoms with E-state index < -0.39 is 5.54 Å². The molecule has 162 valence electrons. The second-order valence-electron chi connectivity index (χ2n) is 7.92. The van der Waals surface area contributed by atoms with Crippen molar-refractivity contribution in [3.63, 3.8) is 0 Å². The summed E-state index contributed by atoms with van der Waals surface area (Å²) in [6.45, 7) is 6.09. The van der Waals surface area contributed by atoms with E-state index in [1.54, 1.807) is 31.3 Å². The average molecular weight is 421 g/mol. The summed E-state index contributed by atoms with van der Waals surface area (Å²) in [5.74, 6) is 1.94. The molecule has 0 aliphatic carbocycles. The van der Waals surface area contributed by atoms with Crippen LogP contribution >= 0.6 is 0 Å². The van der Waals surface area contributed by atoms with Gasteiger partial charge in [0.1, 0.15) is 6.54 Å².